The van der Waals surface area contributed by atoms with Gasteiger partial charge in [0.1, 0.15) is 0 Å². The van der Waals surface area contributed by atoms with Gasteiger partial charge in [0.15, 0.2) is 0 Å². The van der Waals surface area contributed by atoms with Crippen LogP contribution in [0.2, 0.25) is 0 Å². The zero-order valence-corrected chi connectivity index (χ0v) is 13.1. The van der Waals surface area contributed by atoms with Gasteiger partial charge in [-0.25, -0.2) is 0 Å². The molecule has 3 heteroatoms. The number of benzene rings is 2. The van der Waals surface area contributed by atoms with Crippen LogP contribution in [0.15, 0.2) is 40.9 Å². The van der Waals surface area contributed by atoms with E-state index in [1.165, 1.54) is 16.7 Å². The second-order valence-electron chi connectivity index (χ2n) is 5.30. The van der Waals surface area contributed by atoms with Crippen molar-refractivity contribution in [1.82, 2.24) is 0 Å². The predicted octanol–water partition coefficient (Wildman–Crippen LogP) is 4.54. The van der Waals surface area contributed by atoms with Gasteiger partial charge in [-0.2, -0.15) is 0 Å². The highest BCUT2D eigenvalue weighted by Gasteiger charge is 2.28. The van der Waals surface area contributed by atoms with Crippen molar-refractivity contribution < 1.29 is 4.79 Å². The van der Waals surface area contributed by atoms with Gasteiger partial charge in [0.25, 0.3) is 0 Å². The fraction of sp³-hybridized carbons (Fsp3) is 0.235. The molecule has 1 atom stereocenters. The quantitative estimate of drug-likeness (QED) is 0.817. The van der Waals surface area contributed by atoms with E-state index in [9.17, 15) is 4.79 Å². The van der Waals surface area contributed by atoms with Crippen molar-refractivity contribution in [1.29, 1.82) is 0 Å². The summed E-state index contributed by atoms with van der Waals surface area (Å²) in [4.78, 5) is 12.1. The number of rotatable bonds is 1. The van der Waals surface area contributed by atoms with Crippen molar-refractivity contribution in [3.63, 3.8) is 0 Å². The molecule has 0 spiro atoms. The highest BCUT2D eigenvalue weighted by molar-refractivity contribution is 9.10. The maximum Gasteiger partial charge on any atom is 0.225 e. The minimum absolute atomic E-state index is 0.0898. The summed E-state index contributed by atoms with van der Waals surface area (Å²) < 4.78 is 1.06. The van der Waals surface area contributed by atoms with Crippen LogP contribution >= 0.6 is 15.9 Å². The fourth-order valence-corrected chi connectivity index (χ4v) is 3.38. The van der Waals surface area contributed by atoms with Crippen molar-refractivity contribution in [3.8, 4) is 0 Å². The van der Waals surface area contributed by atoms with Crippen LogP contribution in [0.1, 0.15) is 34.6 Å². The van der Waals surface area contributed by atoms with E-state index in [1.807, 2.05) is 18.2 Å². The number of hydrogen-bond donors (Lipinski definition) is 1. The zero-order chi connectivity index (χ0) is 14.3. The first kappa shape index (κ1) is 13.4. The predicted molar refractivity (Wildman–Crippen MR) is 85.1 cm³/mol. The Morgan fingerprint density at radius 3 is 2.60 bits per heavy atom. The van der Waals surface area contributed by atoms with E-state index >= 15 is 0 Å². The highest BCUT2D eigenvalue weighted by atomic mass is 79.9. The summed E-state index contributed by atoms with van der Waals surface area (Å²) in [7, 11) is 0. The van der Waals surface area contributed by atoms with Gasteiger partial charge in [-0.3, -0.25) is 4.79 Å². The molecular weight excluding hydrogens is 314 g/mol. The number of aryl methyl sites for hydroxylation is 1. The van der Waals surface area contributed by atoms with E-state index in [4.69, 9.17) is 0 Å². The molecule has 0 fully saturated rings. The molecular formula is C17H16BrNO. The van der Waals surface area contributed by atoms with Crippen LogP contribution in [0, 0.1) is 13.8 Å². The van der Waals surface area contributed by atoms with Crippen LogP contribution in [-0.4, -0.2) is 5.91 Å². The molecule has 1 N–H and O–H groups in total. The molecule has 3 rings (SSSR count). The normalized spacial score (nSPS) is 17.6. The van der Waals surface area contributed by atoms with E-state index in [-0.39, 0.29) is 11.8 Å². The Bertz CT molecular complexity index is 693. The summed E-state index contributed by atoms with van der Waals surface area (Å²) in [5.74, 6) is 0.209. The van der Waals surface area contributed by atoms with E-state index in [2.05, 4.69) is 53.3 Å². The topological polar surface area (TPSA) is 29.1 Å². The number of anilines is 1. The Hall–Kier alpha value is -1.61. The lowest BCUT2D eigenvalue weighted by Gasteiger charge is -2.28. The number of halogens is 1. The van der Waals surface area contributed by atoms with Crippen LogP contribution in [0.4, 0.5) is 5.69 Å². The zero-order valence-electron chi connectivity index (χ0n) is 11.5. The SMILES string of the molecule is Cc1ccc2c(c1C)NC(=O)C[C@H]2c1ccccc1Br. The molecule has 0 saturated heterocycles. The van der Waals surface area contributed by atoms with Gasteiger partial charge in [-0.15, -0.1) is 0 Å². The molecule has 2 nitrogen and oxygen atoms in total. The summed E-state index contributed by atoms with van der Waals surface area (Å²) in [5.41, 5.74) is 5.73. The first-order valence-electron chi connectivity index (χ1n) is 6.72. The first-order chi connectivity index (χ1) is 9.58. The number of carbonyl (C=O) groups excluding carboxylic acids is 1. The number of carbonyl (C=O) groups is 1. The van der Waals surface area contributed by atoms with Gasteiger partial charge in [0.05, 0.1) is 0 Å². The molecule has 1 amide bonds. The second-order valence-corrected chi connectivity index (χ2v) is 6.15. The standard InChI is InChI=1S/C17H16BrNO/c1-10-7-8-13-14(12-5-3-4-6-15(12)18)9-16(20)19-17(13)11(10)2/h3-8,14H,9H2,1-2H3,(H,19,20)/t14-/m0/s1. The van der Waals surface area contributed by atoms with Crippen molar-refractivity contribution in [3.05, 3.63) is 63.1 Å². The molecule has 0 saturated carbocycles. The van der Waals surface area contributed by atoms with Crippen molar-refractivity contribution in [2.24, 2.45) is 0 Å². The van der Waals surface area contributed by atoms with Gasteiger partial charge in [-0.05, 0) is 42.2 Å². The third-order valence-corrected chi connectivity index (χ3v) is 4.80. The molecule has 0 aromatic heterocycles. The molecule has 2 aromatic rings. The van der Waals surface area contributed by atoms with Crippen LogP contribution in [0.3, 0.4) is 0 Å². The summed E-state index contributed by atoms with van der Waals surface area (Å²) in [6.07, 6.45) is 0.498. The monoisotopic (exact) mass is 329 g/mol. The third kappa shape index (κ3) is 2.16. The molecule has 1 aliphatic rings. The van der Waals surface area contributed by atoms with Gasteiger partial charge in [0.2, 0.25) is 5.91 Å². The first-order valence-corrected chi connectivity index (χ1v) is 7.51. The van der Waals surface area contributed by atoms with Crippen molar-refractivity contribution in [2.45, 2.75) is 26.2 Å². The van der Waals surface area contributed by atoms with Crippen LogP contribution < -0.4 is 5.32 Å². The molecule has 1 aliphatic heterocycles. The number of fused-ring (bicyclic) bond motifs is 1. The summed E-state index contributed by atoms with van der Waals surface area (Å²) in [5, 5.41) is 3.03. The largest absolute Gasteiger partial charge is 0.326 e. The second kappa shape index (κ2) is 5.06. The van der Waals surface area contributed by atoms with Gasteiger partial charge in [-0.1, -0.05) is 46.3 Å². The van der Waals surface area contributed by atoms with Crippen molar-refractivity contribution >= 4 is 27.5 Å². The van der Waals surface area contributed by atoms with E-state index in [0.29, 0.717) is 6.42 Å². The Labute approximate surface area is 127 Å². The fourth-order valence-electron chi connectivity index (χ4n) is 2.81. The third-order valence-electron chi connectivity index (χ3n) is 4.08. The minimum Gasteiger partial charge on any atom is -0.326 e. The van der Waals surface area contributed by atoms with E-state index in [1.54, 1.807) is 0 Å². The lowest BCUT2D eigenvalue weighted by Crippen LogP contribution is -2.24. The highest BCUT2D eigenvalue weighted by Crippen LogP contribution is 2.41. The maximum absolute atomic E-state index is 12.1. The van der Waals surface area contributed by atoms with E-state index < -0.39 is 0 Å². The van der Waals surface area contributed by atoms with Crippen LogP contribution in [0.25, 0.3) is 0 Å². The molecule has 2 aromatic carbocycles. The smallest absolute Gasteiger partial charge is 0.225 e. The molecule has 0 bridgehead atoms. The summed E-state index contributed by atoms with van der Waals surface area (Å²) >= 11 is 3.60. The average molecular weight is 330 g/mol. The molecule has 0 aliphatic carbocycles. The summed E-state index contributed by atoms with van der Waals surface area (Å²) in [6, 6.07) is 12.4. The average Bonchev–Trinajstić information content (AvgIpc) is 2.43. The Morgan fingerprint density at radius 1 is 1.10 bits per heavy atom. The summed E-state index contributed by atoms with van der Waals surface area (Å²) in [6.45, 7) is 4.14. The molecule has 0 radical (unpaired) electrons. The molecule has 0 unspecified atom stereocenters. The minimum atomic E-state index is 0.0898. The van der Waals surface area contributed by atoms with E-state index in [0.717, 1.165) is 15.7 Å². The van der Waals surface area contributed by atoms with Crippen molar-refractivity contribution in [2.75, 3.05) is 5.32 Å². The molecule has 1 heterocycles. The Morgan fingerprint density at radius 2 is 1.85 bits per heavy atom. The maximum atomic E-state index is 12.1. The Balaban J connectivity index is 2.19. The number of nitrogens with one attached hydrogen (secondary N) is 1. The number of amides is 1. The number of hydrogen-bond acceptors (Lipinski definition) is 1. The lowest BCUT2D eigenvalue weighted by molar-refractivity contribution is -0.116. The van der Waals surface area contributed by atoms with Gasteiger partial charge >= 0.3 is 0 Å². The molecule has 20 heavy (non-hydrogen) atoms. The van der Waals surface area contributed by atoms with Gasteiger partial charge in [0, 0.05) is 22.5 Å². The van der Waals surface area contributed by atoms with Gasteiger partial charge < -0.3 is 5.32 Å². The van der Waals surface area contributed by atoms with Crippen LogP contribution in [0.5, 0.6) is 0 Å². The lowest BCUT2D eigenvalue weighted by atomic mass is 9.83. The Kier molecular flexibility index (Phi) is 3.38. The molecule has 102 valence electrons. The van der Waals surface area contributed by atoms with Crippen LogP contribution in [-0.2, 0) is 4.79 Å².